The molecule has 0 fully saturated rings. The number of aromatic amines is 1. The van der Waals surface area contributed by atoms with E-state index in [-0.39, 0.29) is 16.5 Å². The van der Waals surface area contributed by atoms with Gasteiger partial charge in [-0.15, -0.1) is 0 Å². The van der Waals surface area contributed by atoms with Crippen LogP contribution in [0.25, 0.3) is 0 Å². The number of rotatable bonds is 5. The number of carboxylic acids is 1. The van der Waals surface area contributed by atoms with E-state index in [4.69, 9.17) is 10.8 Å². The molecule has 21 heavy (non-hydrogen) atoms. The van der Waals surface area contributed by atoms with E-state index >= 15 is 0 Å². The molecular formula is C13H15N3O4S. The lowest BCUT2D eigenvalue weighted by molar-refractivity contribution is -0.138. The van der Waals surface area contributed by atoms with Crippen LogP contribution in [0.2, 0.25) is 0 Å². The summed E-state index contributed by atoms with van der Waals surface area (Å²) in [6.45, 7) is 1.86. The van der Waals surface area contributed by atoms with Gasteiger partial charge < -0.3 is 15.8 Å². The summed E-state index contributed by atoms with van der Waals surface area (Å²) in [6, 6.07) is 5.26. The van der Waals surface area contributed by atoms with Crippen molar-refractivity contribution in [3.8, 4) is 0 Å². The van der Waals surface area contributed by atoms with Gasteiger partial charge in [0.1, 0.15) is 6.04 Å². The number of hydrogen-bond acceptors (Lipinski definition) is 5. The highest BCUT2D eigenvalue weighted by atomic mass is 32.2. The van der Waals surface area contributed by atoms with E-state index in [1.807, 2.05) is 6.92 Å². The average Bonchev–Trinajstić information content (AvgIpc) is 2.88. The van der Waals surface area contributed by atoms with Crippen molar-refractivity contribution in [3.05, 3.63) is 41.7 Å². The summed E-state index contributed by atoms with van der Waals surface area (Å²) < 4.78 is 24.7. The zero-order valence-electron chi connectivity index (χ0n) is 11.3. The van der Waals surface area contributed by atoms with E-state index < -0.39 is 21.8 Å². The number of nitrogens with two attached hydrogens (primary N) is 1. The smallest absolute Gasteiger partial charge is 0.320 e. The molecule has 0 saturated carbocycles. The highest BCUT2D eigenvalue weighted by Gasteiger charge is 2.22. The zero-order chi connectivity index (χ0) is 15.6. The molecule has 4 N–H and O–H groups in total. The predicted octanol–water partition coefficient (Wildman–Crippen LogP) is 0.505. The lowest BCUT2D eigenvalue weighted by Gasteiger charge is -2.04. The van der Waals surface area contributed by atoms with Gasteiger partial charge in [-0.3, -0.25) is 4.79 Å². The topological polar surface area (TPSA) is 126 Å². The van der Waals surface area contributed by atoms with E-state index in [9.17, 15) is 13.2 Å². The second-order valence-electron chi connectivity index (χ2n) is 4.68. The first-order valence-electron chi connectivity index (χ1n) is 6.14. The Balaban J connectivity index is 2.28. The van der Waals surface area contributed by atoms with Gasteiger partial charge in [0.05, 0.1) is 4.90 Å². The van der Waals surface area contributed by atoms with Crippen LogP contribution in [0.4, 0.5) is 0 Å². The maximum Gasteiger partial charge on any atom is 0.320 e. The van der Waals surface area contributed by atoms with Crippen LogP contribution in [-0.2, 0) is 21.1 Å². The lowest BCUT2D eigenvalue weighted by atomic mass is 10.2. The van der Waals surface area contributed by atoms with Crippen molar-refractivity contribution in [2.75, 3.05) is 0 Å². The summed E-state index contributed by atoms with van der Waals surface area (Å²) in [5.74, 6) is -1.16. The largest absolute Gasteiger partial charge is 0.480 e. The maximum absolute atomic E-state index is 12.3. The molecule has 1 atom stereocenters. The number of carbonyl (C=O) groups is 1. The minimum atomic E-state index is -3.75. The molecule has 8 heteroatoms. The molecule has 2 aromatic rings. The normalized spacial score (nSPS) is 13.0. The molecule has 1 unspecified atom stereocenters. The van der Waals surface area contributed by atoms with Crippen LogP contribution in [-0.4, -0.2) is 35.5 Å². The summed E-state index contributed by atoms with van der Waals surface area (Å²) >= 11 is 0. The Morgan fingerprint density at radius 1 is 1.38 bits per heavy atom. The first-order valence-corrected chi connectivity index (χ1v) is 7.63. The molecule has 2 rings (SSSR count). The number of sulfone groups is 1. The Hall–Kier alpha value is -2.19. The van der Waals surface area contributed by atoms with Gasteiger partial charge in [0, 0.05) is 18.3 Å². The molecule has 7 nitrogen and oxygen atoms in total. The van der Waals surface area contributed by atoms with E-state index in [1.54, 1.807) is 12.1 Å². The van der Waals surface area contributed by atoms with Crippen molar-refractivity contribution >= 4 is 15.8 Å². The van der Waals surface area contributed by atoms with Crippen LogP contribution in [0.1, 0.15) is 11.3 Å². The van der Waals surface area contributed by atoms with Crippen LogP contribution < -0.4 is 5.73 Å². The van der Waals surface area contributed by atoms with Crippen molar-refractivity contribution in [3.63, 3.8) is 0 Å². The molecule has 0 amide bonds. The van der Waals surface area contributed by atoms with Crippen molar-refractivity contribution < 1.29 is 18.3 Å². The molecule has 0 aliphatic rings. The first-order chi connectivity index (χ1) is 9.80. The number of H-pyrrole nitrogens is 1. The summed E-state index contributed by atoms with van der Waals surface area (Å²) in [6.07, 6.45) is 1.26. The van der Waals surface area contributed by atoms with Gasteiger partial charge in [0.25, 0.3) is 0 Å². The summed E-state index contributed by atoms with van der Waals surface area (Å²) in [7, 11) is -3.75. The number of aromatic nitrogens is 2. The fourth-order valence-corrected chi connectivity index (χ4v) is 2.91. The van der Waals surface area contributed by atoms with E-state index in [0.717, 1.165) is 5.56 Å². The molecule has 0 bridgehead atoms. The number of imidazole rings is 1. The Morgan fingerprint density at radius 2 is 2.00 bits per heavy atom. The van der Waals surface area contributed by atoms with Gasteiger partial charge in [-0.05, 0) is 19.1 Å². The van der Waals surface area contributed by atoms with Crippen LogP contribution >= 0.6 is 0 Å². The van der Waals surface area contributed by atoms with Crippen LogP contribution in [0.3, 0.4) is 0 Å². The summed E-state index contributed by atoms with van der Waals surface area (Å²) in [4.78, 5) is 17.2. The van der Waals surface area contributed by atoms with Gasteiger partial charge in [0.2, 0.25) is 15.0 Å². The molecule has 112 valence electrons. The first kappa shape index (κ1) is 15.2. The van der Waals surface area contributed by atoms with Gasteiger partial charge in [0.15, 0.2) is 0 Å². The van der Waals surface area contributed by atoms with Crippen LogP contribution in [0.15, 0.2) is 40.5 Å². The van der Waals surface area contributed by atoms with Crippen LogP contribution in [0, 0.1) is 6.92 Å². The van der Waals surface area contributed by atoms with Crippen molar-refractivity contribution in [1.82, 2.24) is 9.97 Å². The molecular weight excluding hydrogens is 294 g/mol. The minimum absolute atomic E-state index is 0.0221. The lowest BCUT2D eigenvalue weighted by Crippen LogP contribution is -2.32. The van der Waals surface area contributed by atoms with Crippen LogP contribution in [0.5, 0.6) is 0 Å². The SMILES string of the molecule is Cc1ccc(S(=O)(=O)c2ncc(CC(N)C(=O)O)[nH]2)cc1. The fraction of sp³-hybridized carbons (Fsp3) is 0.231. The third-order valence-corrected chi connectivity index (χ3v) is 4.56. The highest BCUT2D eigenvalue weighted by molar-refractivity contribution is 7.91. The number of benzene rings is 1. The second kappa shape index (κ2) is 5.66. The number of nitrogens with one attached hydrogen (secondary N) is 1. The molecule has 0 radical (unpaired) electrons. The molecule has 1 aromatic heterocycles. The van der Waals surface area contributed by atoms with Crippen molar-refractivity contribution in [2.45, 2.75) is 29.4 Å². The Bertz CT molecular complexity index is 750. The minimum Gasteiger partial charge on any atom is -0.480 e. The zero-order valence-corrected chi connectivity index (χ0v) is 12.1. The molecule has 0 saturated heterocycles. The number of carboxylic acid groups (broad SMARTS) is 1. The summed E-state index contributed by atoms with van der Waals surface area (Å²) in [5, 5.41) is 8.51. The quantitative estimate of drug-likeness (QED) is 0.738. The van der Waals surface area contributed by atoms with Crippen molar-refractivity contribution in [1.29, 1.82) is 0 Å². The maximum atomic E-state index is 12.3. The van der Waals surface area contributed by atoms with E-state index in [2.05, 4.69) is 9.97 Å². The second-order valence-corrected chi connectivity index (χ2v) is 6.54. The molecule has 1 aromatic carbocycles. The molecule has 0 aliphatic heterocycles. The third kappa shape index (κ3) is 3.29. The van der Waals surface area contributed by atoms with E-state index in [0.29, 0.717) is 5.69 Å². The van der Waals surface area contributed by atoms with E-state index in [1.165, 1.54) is 18.3 Å². The number of hydrogen-bond donors (Lipinski definition) is 3. The van der Waals surface area contributed by atoms with Gasteiger partial charge in [-0.2, -0.15) is 0 Å². The highest BCUT2D eigenvalue weighted by Crippen LogP contribution is 2.18. The Kier molecular flexibility index (Phi) is 4.10. The Labute approximate surface area is 121 Å². The average molecular weight is 309 g/mol. The number of aliphatic carboxylic acids is 1. The molecule has 1 heterocycles. The molecule has 0 spiro atoms. The summed E-state index contributed by atoms with van der Waals surface area (Å²) in [5.41, 5.74) is 6.70. The van der Waals surface area contributed by atoms with Gasteiger partial charge in [-0.1, -0.05) is 17.7 Å². The number of aryl methyl sites for hydroxylation is 1. The van der Waals surface area contributed by atoms with Gasteiger partial charge >= 0.3 is 5.97 Å². The van der Waals surface area contributed by atoms with Crippen molar-refractivity contribution in [2.24, 2.45) is 5.73 Å². The fourth-order valence-electron chi connectivity index (χ4n) is 1.73. The predicted molar refractivity (Wildman–Crippen MR) is 74.5 cm³/mol. The third-order valence-electron chi connectivity index (χ3n) is 2.95. The monoisotopic (exact) mass is 309 g/mol. The molecule has 0 aliphatic carbocycles. The Morgan fingerprint density at radius 3 is 2.57 bits per heavy atom. The number of nitrogens with zero attached hydrogens (tertiary/aromatic N) is 1. The standard InChI is InChI=1S/C13H15N3O4S/c1-8-2-4-10(5-3-8)21(19,20)13-15-7-9(16-13)6-11(14)12(17)18/h2-5,7,11H,6,14H2,1H3,(H,15,16)(H,17,18). The van der Waals surface area contributed by atoms with Gasteiger partial charge in [-0.25, -0.2) is 13.4 Å².